The van der Waals surface area contributed by atoms with Gasteiger partial charge in [0, 0.05) is 16.6 Å². The lowest BCUT2D eigenvalue weighted by Crippen LogP contribution is -1.95. The first-order valence-electron chi connectivity index (χ1n) is 6.04. The first-order chi connectivity index (χ1) is 8.17. The Morgan fingerprint density at radius 1 is 1.35 bits per heavy atom. The van der Waals surface area contributed by atoms with E-state index in [1.807, 2.05) is 6.07 Å². The predicted molar refractivity (Wildman–Crippen MR) is 68.6 cm³/mol. The van der Waals surface area contributed by atoms with Crippen molar-refractivity contribution < 1.29 is 9.90 Å². The van der Waals surface area contributed by atoms with E-state index >= 15 is 0 Å². The van der Waals surface area contributed by atoms with Gasteiger partial charge in [-0.1, -0.05) is 20.3 Å². The summed E-state index contributed by atoms with van der Waals surface area (Å²) in [4.78, 5) is 14.4. The zero-order chi connectivity index (χ0) is 12.4. The fourth-order valence-corrected chi connectivity index (χ4v) is 2.27. The van der Waals surface area contributed by atoms with E-state index in [9.17, 15) is 4.79 Å². The largest absolute Gasteiger partial charge is 0.478 e. The van der Waals surface area contributed by atoms with Gasteiger partial charge in [0.25, 0.3) is 0 Å². The van der Waals surface area contributed by atoms with Crippen LogP contribution >= 0.6 is 0 Å². The van der Waals surface area contributed by atoms with Gasteiger partial charge < -0.3 is 10.1 Å². The zero-order valence-electron chi connectivity index (χ0n) is 10.2. The third-order valence-electron chi connectivity index (χ3n) is 3.10. The minimum Gasteiger partial charge on any atom is -0.478 e. The molecule has 90 valence electrons. The first-order valence-corrected chi connectivity index (χ1v) is 6.04. The van der Waals surface area contributed by atoms with Gasteiger partial charge in [-0.2, -0.15) is 0 Å². The Bertz CT molecular complexity index is 555. The molecule has 0 aliphatic rings. The normalized spacial score (nSPS) is 10.9. The van der Waals surface area contributed by atoms with Crippen LogP contribution in [0.25, 0.3) is 10.9 Å². The highest BCUT2D eigenvalue weighted by Crippen LogP contribution is 2.25. The summed E-state index contributed by atoms with van der Waals surface area (Å²) >= 11 is 0. The number of carbonyl (C=O) groups is 1. The molecule has 2 N–H and O–H groups in total. The zero-order valence-corrected chi connectivity index (χ0v) is 10.2. The second-order valence-electron chi connectivity index (χ2n) is 4.25. The number of rotatable bonds is 4. The number of H-pyrrole nitrogens is 1. The van der Waals surface area contributed by atoms with Crippen LogP contribution in [0.5, 0.6) is 0 Å². The van der Waals surface area contributed by atoms with Gasteiger partial charge >= 0.3 is 5.97 Å². The molecule has 0 amide bonds. The van der Waals surface area contributed by atoms with Gasteiger partial charge in [-0.25, -0.2) is 4.79 Å². The average Bonchev–Trinajstić information content (AvgIpc) is 2.67. The van der Waals surface area contributed by atoms with E-state index in [0.29, 0.717) is 5.56 Å². The number of carboxylic acid groups (broad SMARTS) is 1. The van der Waals surface area contributed by atoms with Crippen LogP contribution in [0.4, 0.5) is 0 Å². The average molecular weight is 231 g/mol. The van der Waals surface area contributed by atoms with Crippen molar-refractivity contribution in [3.8, 4) is 0 Å². The van der Waals surface area contributed by atoms with Gasteiger partial charge in [0.2, 0.25) is 0 Å². The van der Waals surface area contributed by atoms with Gasteiger partial charge in [0.1, 0.15) is 0 Å². The summed E-state index contributed by atoms with van der Waals surface area (Å²) in [6.45, 7) is 4.25. The number of benzene rings is 1. The molecule has 0 radical (unpaired) electrons. The van der Waals surface area contributed by atoms with Gasteiger partial charge in [-0.05, 0) is 36.6 Å². The van der Waals surface area contributed by atoms with Crippen LogP contribution in [-0.4, -0.2) is 16.1 Å². The van der Waals surface area contributed by atoms with Crippen LogP contribution in [-0.2, 0) is 12.8 Å². The van der Waals surface area contributed by atoms with Crippen molar-refractivity contribution in [3.63, 3.8) is 0 Å². The summed E-state index contributed by atoms with van der Waals surface area (Å²) in [6.07, 6.45) is 3.01. The molecule has 1 heterocycles. The molecule has 0 saturated carbocycles. The van der Waals surface area contributed by atoms with Crippen molar-refractivity contribution in [3.05, 3.63) is 35.0 Å². The Labute approximate surface area is 100 Å². The van der Waals surface area contributed by atoms with Crippen molar-refractivity contribution in [2.45, 2.75) is 33.1 Å². The van der Waals surface area contributed by atoms with E-state index in [-0.39, 0.29) is 0 Å². The van der Waals surface area contributed by atoms with Crippen molar-refractivity contribution in [1.29, 1.82) is 0 Å². The van der Waals surface area contributed by atoms with Crippen LogP contribution in [0, 0.1) is 0 Å². The summed E-state index contributed by atoms with van der Waals surface area (Å²) in [5, 5.41) is 10.1. The molecule has 0 fully saturated rings. The van der Waals surface area contributed by atoms with Crippen molar-refractivity contribution in [2.75, 3.05) is 0 Å². The fourth-order valence-electron chi connectivity index (χ4n) is 2.27. The maximum Gasteiger partial charge on any atom is 0.335 e. The number of carboxylic acids is 1. The summed E-state index contributed by atoms with van der Waals surface area (Å²) in [7, 11) is 0. The highest BCUT2D eigenvalue weighted by molar-refractivity contribution is 5.95. The molecule has 0 spiro atoms. The van der Waals surface area contributed by atoms with Gasteiger partial charge in [0.05, 0.1) is 5.56 Å². The Hall–Kier alpha value is -1.77. The molecule has 1 aromatic heterocycles. The van der Waals surface area contributed by atoms with Crippen molar-refractivity contribution in [1.82, 2.24) is 4.98 Å². The third-order valence-corrected chi connectivity index (χ3v) is 3.10. The van der Waals surface area contributed by atoms with Crippen LogP contribution < -0.4 is 0 Å². The molecule has 0 bridgehead atoms. The standard InChI is InChI=1S/C14H17NO2/c1-3-5-10-11-8-9(14(16)17)6-7-13(11)15-12(10)4-2/h6-8,15H,3-5H2,1-2H3,(H,16,17). The van der Waals surface area contributed by atoms with Gasteiger partial charge in [0.15, 0.2) is 0 Å². The lowest BCUT2D eigenvalue weighted by atomic mass is 10.0. The Balaban J connectivity index is 2.64. The van der Waals surface area contributed by atoms with E-state index in [2.05, 4.69) is 18.8 Å². The number of hydrogen-bond donors (Lipinski definition) is 2. The van der Waals surface area contributed by atoms with Crippen molar-refractivity contribution in [2.24, 2.45) is 0 Å². The number of nitrogens with one attached hydrogen (secondary N) is 1. The molecule has 2 rings (SSSR count). The molecule has 0 saturated heterocycles. The predicted octanol–water partition coefficient (Wildman–Crippen LogP) is 3.38. The maximum atomic E-state index is 11.0. The number of aryl methyl sites for hydroxylation is 2. The van der Waals surface area contributed by atoms with Crippen molar-refractivity contribution >= 4 is 16.9 Å². The first kappa shape index (κ1) is 11.7. The number of aromatic carboxylic acids is 1. The molecule has 3 heteroatoms. The van der Waals surface area contributed by atoms with Crippen LogP contribution in [0.2, 0.25) is 0 Å². The molecule has 3 nitrogen and oxygen atoms in total. The van der Waals surface area contributed by atoms with E-state index in [0.717, 1.165) is 30.2 Å². The Kier molecular flexibility index (Phi) is 3.18. The quantitative estimate of drug-likeness (QED) is 0.847. The van der Waals surface area contributed by atoms with Gasteiger partial charge in [-0.3, -0.25) is 0 Å². The SMILES string of the molecule is CCCc1c(CC)[nH]c2ccc(C(=O)O)cc12. The summed E-state index contributed by atoms with van der Waals surface area (Å²) in [5.41, 5.74) is 3.89. The van der Waals surface area contributed by atoms with Crippen LogP contribution in [0.15, 0.2) is 18.2 Å². The molecular weight excluding hydrogens is 214 g/mol. The Morgan fingerprint density at radius 3 is 2.71 bits per heavy atom. The summed E-state index contributed by atoms with van der Waals surface area (Å²) < 4.78 is 0. The second kappa shape index (κ2) is 4.62. The highest BCUT2D eigenvalue weighted by Gasteiger charge is 2.11. The number of aromatic amines is 1. The van der Waals surface area contributed by atoms with E-state index < -0.39 is 5.97 Å². The minimum absolute atomic E-state index is 0.358. The van der Waals surface area contributed by atoms with Gasteiger partial charge in [-0.15, -0.1) is 0 Å². The topological polar surface area (TPSA) is 53.1 Å². The summed E-state index contributed by atoms with van der Waals surface area (Å²) in [5.74, 6) is -0.867. The third kappa shape index (κ3) is 2.05. The maximum absolute atomic E-state index is 11.0. The molecular formula is C14H17NO2. The number of fused-ring (bicyclic) bond motifs is 1. The number of aromatic nitrogens is 1. The highest BCUT2D eigenvalue weighted by atomic mass is 16.4. The van der Waals surface area contributed by atoms with E-state index in [1.165, 1.54) is 11.3 Å². The van der Waals surface area contributed by atoms with Crippen LogP contribution in [0.3, 0.4) is 0 Å². The summed E-state index contributed by atoms with van der Waals surface area (Å²) in [6, 6.07) is 5.28. The number of hydrogen-bond acceptors (Lipinski definition) is 1. The molecule has 2 aromatic rings. The van der Waals surface area contributed by atoms with E-state index in [1.54, 1.807) is 12.1 Å². The van der Waals surface area contributed by atoms with Crippen LogP contribution in [0.1, 0.15) is 41.9 Å². The second-order valence-corrected chi connectivity index (χ2v) is 4.25. The van der Waals surface area contributed by atoms with E-state index in [4.69, 9.17) is 5.11 Å². The lowest BCUT2D eigenvalue weighted by molar-refractivity contribution is 0.0697. The fraction of sp³-hybridized carbons (Fsp3) is 0.357. The smallest absolute Gasteiger partial charge is 0.335 e. The molecule has 17 heavy (non-hydrogen) atoms. The lowest BCUT2D eigenvalue weighted by Gasteiger charge is -2.00. The molecule has 1 aromatic carbocycles. The molecule has 0 aliphatic heterocycles. The molecule has 0 atom stereocenters. The molecule has 0 unspecified atom stereocenters. The monoisotopic (exact) mass is 231 g/mol. The Morgan fingerprint density at radius 2 is 2.12 bits per heavy atom. The minimum atomic E-state index is -0.867. The molecule has 0 aliphatic carbocycles.